The number of carbonyl (C=O) groups is 3. The van der Waals surface area contributed by atoms with Crippen molar-refractivity contribution < 1.29 is 33.7 Å². The molecule has 37 heavy (non-hydrogen) atoms. The monoisotopic (exact) mass is 521 g/mol. The van der Waals surface area contributed by atoms with Gasteiger partial charge in [-0.2, -0.15) is 0 Å². The first-order chi connectivity index (χ1) is 18.0. The number of anilines is 1. The summed E-state index contributed by atoms with van der Waals surface area (Å²) in [5, 5.41) is 12.0. The Balaban J connectivity index is 2.36. The van der Waals surface area contributed by atoms with Gasteiger partial charge in [0.15, 0.2) is 5.75 Å². The van der Waals surface area contributed by atoms with Crippen LogP contribution in [0.25, 0.3) is 0 Å². The highest BCUT2D eigenvalue weighted by Gasteiger charge is 2.17. The molecule has 0 saturated carbocycles. The molecule has 0 fully saturated rings. The molecule has 0 aliphatic carbocycles. The van der Waals surface area contributed by atoms with Gasteiger partial charge in [-0.15, -0.1) is 0 Å². The fourth-order valence-corrected chi connectivity index (χ4v) is 3.93. The van der Waals surface area contributed by atoms with Crippen LogP contribution in [0.3, 0.4) is 0 Å². The molecule has 2 N–H and O–H groups in total. The molecule has 0 unspecified atom stereocenters. The molecule has 210 valence electrons. The Kier molecular flexibility index (Phi) is 18.6. The summed E-state index contributed by atoms with van der Waals surface area (Å²) >= 11 is 0. The maximum absolute atomic E-state index is 12.1. The molecule has 8 heteroatoms. The highest BCUT2D eigenvalue weighted by Crippen LogP contribution is 2.24. The third-order valence-corrected chi connectivity index (χ3v) is 6.10. The molecule has 0 aliphatic rings. The summed E-state index contributed by atoms with van der Waals surface area (Å²) in [7, 11) is 0. The first-order valence-corrected chi connectivity index (χ1v) is 14.1. The Labute approximate surface area is 222 Å². The standard InChI is InChI=1S/C29H47NO7/c1-3-5-7-9-11-13-15-17-21-35-28(33)30-24-19-20-25(27(31)32)26(23-24)37-29(34)36-22-18-16-14-12-10-8-6-4-2/h19-20,23H,3-18,21-22H2,1-2H3,(H,30,33)(H,31,32). The molecule has 1 aromatic rings. The van der Waals surface area contributed by atoms with E-state index < -0.39 is 18.2 Å². The van der Waals surface area contributed by atoms with Crippen molar-refractivity contribution in [2.45, 2.75) is 117 Å². The molecule has 8 nitrogen and oxygen atoms in total. The summed E-state index contributed by atoms with van der Waals surface area (Å²) in [5.41, 5.74) is 0.0543. The van der Waals surface area contributed by atoms with Crippen LogP contribution in [-0.2, 0) is 9.47 Å². The van der Waals surface area contributed by atoms with E-state index in [-0.39, 0.29) is 23.6 Å². The van der Waals surface area contributed by atoms with Crippen LogP contribution in [-0.4, -0.2) is 36.5 Å². The van der Waals surface area contributed by atoms with Gasteiger partial charge in [0.25, 0.3) is 0 Å². The molecule has 0 bridgehead atoms. The van der Waals surface area contributed by atoms with Crippen molar-refractivity contribution in [3.05, 3.63) is 23.8 Å². The fourth-order valence-electron chi connectivity index (χ4n) is 3.93. The normalized spacial score (nSPS) is 10.6. The molecule has 0 saturated heterocycles. The summed E-state index contributed by atoms with van der Waals surface area (Å²) < 4.78 is 15.4. The van der Waals surface area contributed by atoms with Crippen LogP contribution in [0, 0.1) is 0 Å². The van der Waals surface area contributed by atoms with Gasteiger partial charge in [-0.05, 0) is 25.0 Å². The van der Waals surface area contributed by atoms with Crippen LogP contribution in [0.5, 0.6) is 5.75 Å². The van der Waals surface area contributed by atoms with Crippen LogP contribution >= 0.6 is 0 Å². The Morgan fingerprint density at radius 2 is 1.19 bits per heavy atom. The van der Waals surface area contributed by atoms with Crippen LogP contribution in [0.4, 0.5) is 15.3 Å². The number of carboxylic acid groups (broad SMARTS) is 1. The molecule has 0 aliphatic heterocycles. The highest BCUT2D eigenvalue weighted by atomic mass is 16.7. The minimum Gasteiger partial charge on any atom is -0.478 e. The van der Waals surface area contributed by atoms with E-state index in [0.717, 1.165) is 38.5 Å². The van der Waals surface area contributed by atoms with E-state index in [1.165, 1.54) is 82.4 Å². The Morgan fingerprint density at radius 3 is 1.70 bits per heavy atom. The van der Waals surface area contributed by atoms with Crippen LogP contribution in [0.2, 0.25) is 0 Å². The topological polar surface area (TPSA) is 111 Å². The van der Waals surface area contributed by atoms with E-state index in [9.17, 15) is 19.5 Å². The number of amides is 1. The van der Waals surface area contributed by atoms with E-state index in [2.05, 4.69) is 19.2 Å². The summed E-state index contributed by atoms with van der Waals surface area (Å²) in [5.74, 6) is -1.45. The van der Waals surface area contributed by atoms with Gasteiger partial charge in [0.1, 0.15) is 5.56 Å². The summed E-state index contributed by atoms with van der Waals surface area (Å²) in [6.07, 6.45) is 16.5. The number of benzene rings is 1. The second-order valence-electron chi connectivity index (χ2n) is 9.43. The molecule has 1 aromatic carbocycles. The lowest BCUT2D eigenvalue weighted by molar-refractivity contribution is 0.0689. The minimum absolute atomic E-state index is 0.200. The van der Waals surface area contributed by atoms with Gasteiger partial charge in [0.2, 0.25) is 0 Å². The van der Waals surface area contributed by atoms with Crippen molar-refractivity contribution in [2.24, 2.45) is 0 Å². The molecular weight excluding hydrogens is 474 g/mol. The van der Waals surface area contributed by atoms with Crippen molar-refractivity contribution >= 4 is 23.9 Å². The lowest BCUT2D eigenvalue weighted by Gasteiger charge is -2.11. The number of nitrogens with one attached hydrogen (secondary N) is 1. The van der Waals surface area contributed by atoms with Gasteiger partial charge < -0.3 is 19.3 Å². The summed E-state index contributed by atoms with van der Waals surface area (Å²) in [4.78, 5) is 35.7. The number of rotatable bonds is 21. The molecule has 1 rings (SSSR count). The minimum atomic E-state index is -1.25. The maximum Gasteiger partial charge on any atom is 0.513 e. The van der Waals surface area contributed by atoms with E-state index in [0.29, 0.717) is 6.61 Å². The first kappa shape index (κ1) is 32.3. The number of hydrogen-bond donors (Lipinski definition) is 2. The molecular formula is C29H47NO7. The second-order valence-corrected chi connectivity index (χ2v) is 9.43. The number of ether oxygens (including phenoxy) is 3. The van der Waals surface area contributed by atoms with Gasteiger partial charge in [0.05, 0.1) is 13.2 Å². The van der Waals surface area contributed by atoms with E-state index in [1.54, 1.807) is 0 Å². The number of aromatic carboxylic acids is 1. The zero-order chi connectivity index (χ0) is 27.1. The molecule has 0 aromatic heterocycles. The zero-order valence-corrected chi connectivity index (χ0v) is 22.9. The van der Waals surface area contributed by atoms with Gasteiger partial charge in [-0.1, -0.05) is 104 Å². The highest BCUT2D eigenvalue weighted by molar-refractivity contribution is 5.93. The molecule has 0 spiro atoms. The second kappa shape index (κ2) is 21.3. The van der Waals surface area contributed by atoms with Crippen molar-refractivity contribution in [1.82, 2.24) is 0 Å². The van der Waals surface area contributed by atoms with E-state index in [4.69, 9.17) is 14.2 Å². The largest absolute Gasteiger partial charge is 0.513 e. The summed E-state index contributed by atoms with van der Waals surface area (Å²) in [6, 6.07) is 3.95. The fraction of sp³-hybridized carbons (Fsp3) is 0.690. The molecule has 0 radical (unpaired) electrons. The molecule has 1 amide bonds. The van der Waals surface area contributed by atoms with Gasteiger partial charge >= 0.3 is 18.2 Å². The Hall–Kier alpha value is -2.77. The Morgan fingerprint density at radius 1 is 0.703 bits per heavy atom. The predicted octanol–water partition coefficient (Wildman–Crippen LogP) is 8.73. The maximum atomic E-state index is 12.1. The average Bonchev–Trinajstić information content (AvgIpc) is 2.86. The predicted molar refractivity (Wildman–Crippen MR) is 146 cm³/mol. The third-order valence-electron chi connectivity index (χ3n) is 6.10. The number of carboxylic acids is 1. The average molecular weight is 522 g/mol. The van der Waals surface area contributed by atoms with E-state index >= 15 is 0 Å². The molecule has 0 heterocycles. The smallest absolute Gasteiger partial charge is 0.478 e. The first-order valence-electron chi connectivity index (χ1n) is 14.1. The number of unbranched alkanes of at least 4 members (excludes halogenated alkanes) is 14. The van der Waals surface area contributed by atoms with Crippen molar-refractivity contribution in [1.29, 1.82) is 0 Å². The van der Waals surface area contributed by atoms with Crippen molar-refractivity contribution in [3.8, 4) is 5.75 Å². The van der Waals surface area contributed by atoms with Gasteiger partial charge in [-0.3, -0.25) is 5.32 Å². The van der Waals surface area contributed by atoms with Crippen molar-refractivity contribution in [3.63, 3.8) is 0 Å². The summed E-state index contributed by atoms with van der Waals surface area (Å²) in [6.45, 7) is 4.90. The SMILES string of the molecule is CCCCCCCCCCOC(=O)Nc1ccc(C(=O)O)c(OC(=O)OCCCCCCCCCC)c1. The van der Waals surface area contributed by atoms with Crippen LogP contribution < -0.4 is 10.1 Å². The zero-order valence-electron chi connectivity index (χ0n) is 22.9. The Bertz CT molecular complexity index is 782. The number of hydrogen-bond acceptors (Lipinski definition) is 6. The van der Waals surface area contributed by atoms with Crippen molar-refractivity contribution in [2.75, 3.05) is 18.5 Å². The lowest BCUT2D eigenvalue weighted by atomic mass is 10.1. The quantitative estimate of drug-likeness (QED) is 0.0945. The van der Waals surface area contributed by atoms with Crippen LogP contribution in [0.1, 0.15) is 127 Å². The van der Waals surface area contributed by atoms with Gasteiger partial charge in [0, 0.05) is 11.8 Å². The van der Waals surface area contributed by atoms with Crippen LogP contribution in [0.15, 0.2) is 18.2 Å². The van der Waals surface area contributed by atoms with E-state index in [1.807, 2.05) is 0 Å². The molecule has 0 atom stereocenters. The number of carbonyl (C=O) groups excluding carboxylic acids is 2. The third kappa shape index (κ3) is 16.6. The van der Waals surface area contributed by atoms with Gasteiger partial charge in [-0.25, -0.2) is 14.4 Å². The lowest BCUT2D eigenvalue weighted by Crippen LogP contribution is -2.16.